The van der Waals surface area contributed by atoms with Crippen LogP contribution in [0.2, 0.25) is 0 Å². The summed E-state index contributed by atoms with van der Waals surface area (Å²) in [6, 6.07) is 8.95. The molecule has 0 aromatic heterocycles. The Morgan fingerprint density at radius 1 is 1.47 bits per heavy atom. The van der Waals surface area contributed by atoms with Gasteiger partial charge in [0.25, 0.3) is 0 Å². The lowest BCUT2D eigenvalue weighted by molar-refractivity contribution is -0.122. The van der Waals surface area contributed by atoms with Gasteiger partial charge in [0, 0.05) is 13.0 Å². The fourth-order valence-electron chi connectivity index (χ4n) is 1.41. The number of nitrogens with zero attached hydrogens (tertiary/aromatic N) is 1. The van der Waals surface area contributed by atoms with E-state index >= 15 is 0 Å². The highest BCUT2D eigenvalue weighted by Gasteiger charge is 2.14. The van der Waals surface area contributed by atoms with Gasteiger partial charge in [-0.25, -0.2) is 0 Å². The zero-order valence-corrected chi connectivity index (χ0v) is 9.94. The van der Waals surface area contributed by atoms with Crippen LogP contribution in [-0.4, -0.2) is 12.5 Å². The summed E-state index contributed by atoms with van der Waals surface area (Å²) in [5, 5.41) is 11.1. The fraction of sp³-hybridized carbons (Fsp3) is 0.385. The molecule has 0 fully saturated rings. The van der Waals surface area contributed by atoms with Gasteiger partial charge in [-0.05, 0) is 18.9 Å². The Bertz CT molecular complexity index is 406. The summed E-state index contributed by atoms with van der Waals surface area (Å²) >= 11 is 0. The molecule has 0 bridgehead atoms. The smallest absolute Gasteiger partial charge is 0.241 e. The predicted octanol–water partition coefficient (Wildman–Crippen LogP) is 1.41. The minimum absolute atomic E-state index is 0.202. The van der Waals surface area contributed by atoms with Crippen molar-refractivity contribution in [2.24, 2.45) is 5.73 Å². The number of unbranched alkanes of at least 4 members (excludes halogenated alkanes) is 1. The third-order valence-corrected chi connectivity index (χ3v) is 2.48. The molecule has 4 heteroatoms. The molecule has 4 nitrogen and oxygen atoms in total. The Kier molecular flexibility index (Phi) is 5.18. The second kappa shape index (κ2) is 6.66. The summed E-state index contributed by atoms with van der Waals surface area (Å²) in [6.07, 6.45) is 1.10. The van der Waals surface area contributed by atoms with E-state index in [1.807, 2.05) is 37.3 Å². The SMILES string of the molecule is Cc1ccc(C(N)C(=O)NCCCC#N)cc1. The number of nitriles is 1. The molecule has 3 N–H and O–H groups in total. The van der Waals surface area contributed by atoms with Crippen molar-refractivity contribution >= 4 is 5.91 Å². The van der Waals surface area contributed by atoms with Gasteiger partial charge in [-0.2, -0.15) is 5.26 Å². The molecule has 0 spiro atoms. The van der Waals surface area contributed by atoms with Crippen molar-refractivity contribution in [2.45, 2.75) is 25.8 Å². The standard InChI is InChI=1S/C13H17N3O/c1-10-4-6-11(7-5-10)12(15)13(17)16-9-3-2-8-14/h4-7,12H,2-3,9,15H2,1H3,(H,16,17). The largest absolute Gasteiger partial charge is 0.354 e. The first-order valence-electron chi connectivity index (χ1n) is 5.62. The minimum Gasteiger partial charge on any atom is -0.354 e. The normalized spacial score (nSPS) is 11.6. The van der Waals surface area contributed by atoms with E-state index in [1.165, 1.54) is 0 Å². The zero-order valence-electron chi connectivity index (χ0n) is 9.94. The Morgan fingerprint density at radius 2 is 2.12 bits per heavy atom. The summed E-state index contributed by atoms with van der Waals surface area (Å²) in [5.74, 6) is -0.202. The Balaban J connectivity index is 2.46. The molecular formula is C13H17N3O. The Hall–Kier alpha value is -1.86. The highest BCUT2D eigenvalue weighted by molar-refractivity contribution is 5.82. The monoisotopic (exact) mass is 231 g/mol. The first-order valence-corrected chi connectivity index (χ1v) is 5.62. The lowest BCUT2D eigenvalue weighted by atomic mass is 10.1. The number of nitrogens with one attached hydrogen (secondary N) is 1. The van der Waals surface area contributed by atoms with Crippen molar-refractivity contribution in [2.75, 3.05) is 6.54 Å². The van der Waals surface area contributed by atoms with Gasteiger partial charge >= 0.3 is 0 Å². The second-order valence-electron chi connectivity index (χ2n) is 3.94. The molecule has 1 aromatic carbocycles. The van der Waals surface area contributed by atoms with Gasteiger partial charge in [-0.3, -0.25) is 4.79 Å². The van der Waals surface area contributed by atoms with E-state index in [-0.39, 0.29) is 5.91 Å². The van der Waals surface area contributed by atoms with Crippen LogP contribution in [0.3, 0.4) is 0 Å². The molecule has 0 radical (unpaired) electrons. The molecule has 1 amide bonds. The summed E-state index contributed by atoms with van der Waals surface area (Å²) in [7, 11) is 0. The predicted molar refractivity (Wildman–Crippen MR) is 66.0 cm³/mol. The maximum Gasteiger partial charge on any atom is 0.241 e. The van der Waals surface area contributed by atoms with E-state index in [0.717, 1.165) is 11.1 Å². The average molecular weight is 231 g/mol. The van der Waals surface area contributed by atoms with Crippen molar-refractivity contribution in [1.82, 2.24) is 5.32 Å². The van der Waals surface area contributed by atoms with Gasteiger partial charge in [0.05, 0.1) is 6.07 Å². The molecule has 0 aliphatic heterocycles. The number of carbonyl (C=O) groups excluding carboxylic acids is 1. The third-order valence-electron chi connectivity index (χ3n) is 2.48. The summed E-state index contributed by atoms with van der Waals surface area (Å²) in [6.45, 7) is 2.48. The molecule has 0 heterocycles. The molecule has 1 atom stereocenters. The zero-order chi connectivity index (χ0) is 12.7. The minimum atomic E-state index is -0.641. The van der Waals surface area contributed by atoms with Crippen LogP contribution in [0.15, 0.2) is 24.3 Å². The highest BCUT2D eigenvalue weighted by atomic mass is 16.2. The van der Waals surface area contributed by atoms with Crippen molar-refractivity contribution in [3.63, 3.8) is 0 Å². The maximum atomic E-state index is 11.7. The van der Waals surface area contributed by atoms with Crippen LogP contribution in [-0.2, 0) is 4.79 Å². The average Bonchev–Trinajstić information content (AvgIpc) is 2.34. The van der Waals surface area contributed by atoms with E-state index in [4.69, 9.17) is 11.0 Å². The topological polar surface area (TPSA) is 78.9 Å². The van der Waals surface area contributed by atoms with E-state index in [0.29, 0.717) is 19.4 Å². The number of hydrogen-bond donors (Lipinski definition) is 2. The van der Waals surface area contributed by atoms with Gasteiger partial charge in [-0.1, -0.05) is 29.8 Å². The number of rotatable bonds is 5. The number of benzene rings is 1. The van der Waals surface area contributed by atoms with E-state index < -0.39 is 6.04 Å². The molecule has 17 heavy (non-hydrogen) atoms. The molecule has 0 saturated carbocycles. The fourth-order valence-corrected chi connectivity index (χ4v) is 1.41. The number of aryl methyl sites for hydroxylation is 1. The maximum absolute atomic E-state index is 11.7. The summed E-state index contributed by atoms with van der Waals surface area (Å²) < 4.78 is 0. The number of hydrogen-bond acceptors (Lipinski definition) is 3. The van der Waals surface area contributed by atoms with Crippen molar-refractivity contribution < 1.29 is 4.79 Å². The Labute approximate surface area is 101 Å². The van der Waals surface area contributed by atoms with Gasteiger partial charge in [0.2, 0.25) is 5.91 Å². The number of nitrogens with two attached hydrogens (primary N) is 1. The molecule has 90 valence electrons. The van der Waals surface area contributed by atoms with Crippen molar-refractivity contribution in [3.8, 4) is 6.07 Å². The first-order chi connectivity index (χ1) is 8.15. The summed E-state index contributed by atoms with van der Waals surface area (Å²) in [5.41, 5.74) is 7.76. The highest BCUT2D eigenvalue weighted by Crippen LogP contribution is 2.11. The van der Waals surface area contributed by atoms with E-state index in [9.17, 15) is 4.79 Å². The van der Waals surface area contributed by atoms with Gasteiger partial charge < -0.3 is 11.1 Å². The summed E-state index contributed by atoms with van der Waals surface area (Å²) in [4.78, 5) is 11.7. The van der Waals surface area contributed by atoms with Crippen LogP contribution < -0.4 is 11.1 Å². The second-order valence-corrected chi connectivity index (χ2v) is 3.94. The molecule has 1 unspecified atom stereocenters. The molecule has 0 saturated heterocycles. The molecule has 1 aromatic rings. The molecule has 1 rings (SSSR count). The van der Waals surface area contributed by atoms with Crippen LogP contribution in [0.1, 0.15) is 30.0 Å². The molecular weight excluding hydrogens is 214 g/mol. The van der Waals surface area contributed by atoms with Crippen molar-refractivity contribution in [1.29, 1.82) is 5.26 Å². The number of carbonyl (C=O) groups is 1. The van der Waals surface area contributed by atoms with Gasteiger partial charge in [0.15, 0.2) is 0 Å². The Morgan fingerprint density at radius 3 is 2.71 bits per heavy atom. The molecule has 0 aliphatic carbocycles. The van der Waals surface area contributed by atoms with Gasteiger partial charge in [-0.15, -0.1) is 0 Å². The van der Waals surface area contributed by atoms with Crippen LogP contribution in [0.4, 0.5) is 0 Å². The van der Waals surface area contributed by atoms with Crippen LogP contribution in [0, 0.1) is 18.3 Å². The lowest BCUT2D eigenvalue weighted by Crippen LogP contribution is -2.34. The van der Waals surface area contributed by atoms with Crippen molar-refractivity contribution in [3.05, 3.63) is 35.4 Å². The van der Waals surface area contributed by atoms with E-state index in [2.05, 4.69) is 5.32 Å². The van der Waals surface area contributed by atoms with Crippen LogP contribution in [0.25, 0.3) is 0 Å². The third kappa shape index (κ3) is 4.25. The lowest BCUT2D eigenvalue weighted by Gasteiger charge is -2.12. The van der Waals surface area contributed by atoms with Crippen LogP contribution in [0.5, 0.6) is 0 Å². The first kappa shape index (κ1) is 13.2. The quantitative estimate of drug-likeness (QED) is 0.752. The van der Waals surface area contributed by atoms with E-state index in [1.54, 1.807) is 0 Å². The molecule has 0 aliphatic rings. The van der Waals surface area contributed by atoms with Crippen LogP contribution >= 0.6 is 0 Å². The number of amides is 1. The van der Waals surface area contributed by atoms with Gasteiger partial charge in [0.1, 0.15) is 6.04 Å².